The van der Waals surface area contributed by atoms with Crippen molar-refractivity contribution in [1.29, 1.82) is 0 Å². The van der Waals surface area contributed by atoms with Gasteiger partial charge in [0.25, 0.3) is 0 Å². The summed E-state index contributed by atoms with van der Waals surface area (Å²) in [6.45, 7) is 0. The molecule has 6 heteroatoms. The zero-order valence-electron chi connectivity index (χ0n) is 21.2. The van der Waals surface area contributed by atoms with Crippen molar-refractivity contribution in [2.45, 2.75) is 9.79 Å². The number of hydrogen-bond acceptors (Lipinski definition) is 6. The Labute approximate surface area is 236 Å². The van der Waals surface area contributed by atoms with Crippen LogP contribution in [-0.2, 0) is 0 Å². The summed E-state index contributed by atoms with van der Waals surface area (Å²) >= 11 is 3.54. The summed E-state index contributed by atoms with van der Waals surface area (Å²) in [5.74, 6) is 0. The maximum atomic E-state index is 5.00. The lowest BCUT2D eigenvalue weighted by Gasteiger charge is -2.20. The molecule has 0 N–H and O–H groups in total. The molecule has 3 aromatic carbocycles. The highest BCUT2D eigenvalue weighted by molar-refractivity contribution is 8.04. The van der Waals surface area contributed by atoms with Crippen molar-refractivity contribution in [3.8, 4) is 11.4 Å². The molecular formula is C33H24N4S2. The Balaban J connectivity index is 1.20. The lowest BCUT2D eigenvalue weighted by atomic mass is 10.2. The van der Waals surface area contributed by atoms with E-state index in [0.717, 1.165) is 38.5 Å². The van der Waals surface area contributed by atoms with Crippen LogP contribution in [0.15, 0.2) is 135 Å². The highest BCUT2D eigenvalue weighted by Crippen LogP contribution is 2.50. The van der Waals surface area contributed by atoms with Crippen molar-refractivity contribution < 1.29 is 0 Å². The van der Waals surface area contributed by atoms with Crippen molar-refractivity contribution in [3.63, 3.8) is 0 Å². The van der Waals surface area contributed by atoms with Crippen LogP contribution in [0.25, 0.3) is 23.5 Å². The minimum Gasteiger partial charge on any atom is -0.338 e. The molecule has 2 aliphatic heterocycles. The van der Waals surface area contributed by atoms with Gasteiger partial charge in [-0.2, -0.15) is 0 Å². The number of rotatable bonds is 4. The summed E-state index contributed by atoms with van der Waals surface area (Å²) in [7, 11) is 2.10. The van der Waals surface area contributed by atoms with Crippen LogP contribution in [-0.4, -0.2) is 17.0 Å². The molecule has 0 fully saturated rings. The summed E-state index contributed by atoms with van der Waals surface area (Å²) in [5, 5.41) is 2.28. The van der Waals surface area contributed by atoms with Crippen molar-refractivity contribution in [3.05, 3.63) is 137 Å². The van der Waals surface area contributed by atoms with Gasteiger partial charge >= 0.3 is 0 Å². The van der Waals surface area contributed by atoms with Crippen LogP contribution in [0.4, 0.5) is 17.1 Å². The number of anilines is 3. The number of thioether (sulfide) groups is 2. The Bertz CT molecular complexity index is 1750. The number of fused-ring (bicyclic) bond motifs is 2. The van der Waals surface area contributed by atoms with E-state index in [2.05, 4.69) is 120 Å². The minimum absolute atomic E-state index is 0.854. The summed E-state index contributed by atoms with van der Waals surface area (Å²) in [5.41, 5.74) is 7.08. The van der Waals surface area contributed by atoms with Crippen LogP contribution < -0.4 is 9.80 Å². The third-order valence-corrected chi connectivity index (χ3v) is 8.91. The first-order valence-corrected chi connectivity index (χ1v) is 14.4. The number of aromatic nitrogens is 2. The summed E-state index contributed by atoms with van der Waals surface area (Å²) in [6.07, 6.45) is 4.30. The normalized spacial score (nSPS) is 16.1. The highest BCUT2D eigenvalue weighted by Gasteiger charge is 2.26. The topological polar surface area (TPSA) is 32.3 Å². The van der Waals surface area contributed by atoms with Gasteiger partial charge in [0, 0.05) is 22.5 Å². The second-order valence-corrected chi connectivity index (χ2v) is 11.4. The van der Waals surface area contributed by atoms with Crippen LogP contribution in [0.1, 0.15) is 11.4 Å². The van der Waals surface area contributed by atoms with E-state index in [9.17, 15) is 0 Å². The molecule has 0 aliphatic carbocycles. The van der Waals surface area contributed by atoms with E-state index in [1.54, 1.807) is 23.5 Å². The molecule has 0 atom stereocenters. The van der Waals surface area contributed by atoms with Gasteiger partial charge in [-0.05, 0) is 72.8 Å². The van der Waals surface area contributed by atoms with E-state index < -0.39 is 0 Å². The number of benzene rings is 3. The fourth-order valence-electron chi connectivity index (χ4n) is 4.79. The Morgan fingerprint density at radius 1 is 0.538 bits per heavy atom. The Morgan fingerprint density at radius 2 is 1.08 bits per heavy atom. The molecule has 4 nitrogen and oxygen atoms in total. The van der Waals surface area contributed by atoms with Crippen LogP contribution in [0.5, 0.6) is 0 Å². The second-order valence-electron chi connectivity index (χ2n) is 9.23. The third-order valence-electron chi connectivity index (χ3n) is 6.67. The molecule has 2 aromatic heterocycles. The molecule has 39 heavy (non-hydrogen) atoms. The quantitative estimate of drug-likeness (QED) is 0.226. The first kappa shape index (κ1) is 23.8. The number of hydrogen-bond donors (Lipinski definition) is 0. The molecule has 188 valence electrons. The highest BCUT2D eigenvalue weighted by atomic mass is 32.2. The van der Waals surface area contributed by atoms with Crippen molar-refractivity contribution in [2.24, 2.45) is 0 Å². The average Bonchev–Trinajstić information content (AvgIpc) is 3.50. The van der Waals surface area contributed by atoms with Gasteiger partial charge in [0.2, 0.25) is 0 Å². The van der Waals surface area contributed by atoms with Gasteiger partial charge in [-0.15, -0.1) is 0 Å². The summed E-state index contributed by atoms with van der Waals surface area (Å²) in [6, 6.07) is 39.7. The van der Waals surface area contributed by atoms with E-state index >= 15 is 0 Å². The van der Waals surface area contributed by atoms with E-state index in [4.69, 9.17) is 9.97 Å². The Hall–Kier alpha value is -4.26. The Kier molecular flexibility index (Phi) is 6.19. The molecule has 5 aromatic rings. The summed E-state index contributed by atoms with van der Waals surface area (Å²) in [4.78, 5) is 17.0. The van der Waals surface area contributed by atoms with E-state index in [-0.39, 0.29) is 0 Å². The van der Waals surface area contributed by atoms with Gasteiger partial charge in [-0.1, -0.05) is 78.1 Å². The monoisotopic (exact) mass is 540 g/mol. The second kappa shape index (κ2) is 10.1. The van der Waals surface area contributed by atoms with Crippen LogP contribution in [0.3, 0.4) is 0 Å². The predicted molar refractivity (Wildman–Crippen MR) is 165 cm³/mol. The van der Waals surface area contributed by atoms with Gasteiger partial charge in [0.05, 0.1) is 44.2 Å². The molecule has 0 saturated carbocycles. The lowest BCUT2D eigenvalue weighted by Crippen LogP contribution is -2.10. The number of pyridine rings is 2. The molecule has 0 saturated heterocycles. The van der Waals surface area contributed by atoms with Crippen LogP contribution in [0, 0.1) is 0 Å². The molecular weight excluding hydrogens is 517 g/mol. The van der Waals surface area contributed by atoms with Gasteiger partial charge < -0.3 is 9.80 Å². The van der Waals surface area contributed by atoms with E-state index in [1.165, 1.54) is 21.2 Å². The zero-order valence-corrected chi connectivity index (χ0v) is 22.9. The van der Waals surface area contributed by atoms with Crippen molar-refractivity contribution in [2.75, 3.05) is 16.8 Å². The lowest BCUT2D eigenvalue weighted by molar-refractivity contribution is 1.17. The van der Waals surface area contributed by atoms with E-state index in [0.29, 0.717) is 0 Å². The van der Waals surface area contributed by atoms with E-state index in [1.807, 2.05) is 24.3 Å². The van der Waals surface area contributed by atoms with Gasteiger partial charge in [0.1, 0.15) is 0 Å². The molecule has 2 aliphatic rings. The largest absolute Gasteiger partial charge is 0.338 e. The van der Waals surface area contributed by atoms with Crippen LogP contribution in [0.2, 0.25) is 0 Å². The maximum absolute atomic E-state index is 5.00. The zero-order chi connectivity index (χ0) is 26.2. The average molecular weight is 541 g/mol. The third kappa shape index (κ3) is 4.62. The molecule has 4 heterocycles. The fourth-order valence-corrected chi connectivity index (χ4v) is 7.00. The standard InChI is InChI=1S/C33H24N4S2/c1-36-28-17-5-7-19-30(28)38-32(36)21-23-11-9-15-26(34-23)27-16-10-12-24(35-27)22-33-37(25-13-3-2-4-14-25)29-18-6-8-20-31(29)39-33/h2-22H,1H3/b32-21+,33-22+. The predicted octanol–water partition coefficient (Wildman–Crippen LogP) is 8.93. The Morgan fingerprint density at radius 3 is 1.74 bits per heavy atom. The molecule has 0 radical (unpaired) electrons. The van der Waals surface area contributed by atoms with Gasteiger partial charge in [-0.3, -0.25) is 0 Å². The minimum atomic E-state index is 0.854. The van der Waals surface area contributed by atoms with Crippen molar-refractivity contribution >= 4 is 52.7 Å². The fraction of sp³-hybridized carbons (Fsp3) is 0.0303. The van der Waals surface area contributed by atoms with Crippen molar-refractivity contribution in [1.82, 2.24) is 9.97 Å². The first-order valence-electron chi connectivity index (χ1n) is 12.7. The van der Waals surface area contributed by atoms with Crippen LogP contribution >= 0.6 is 23.5 Å². The number of para-hydroxylation sites is 3. The van der Waals surface area contributed by atoms with Gasteiger partial charge in [-0.25, -0.2) is 9.97 Å². The molecule has 0 spiro atoms. The molecule has 0 unspecified atom stereocenters. The number of nitrogens with zero attached hydrogens (tertiary/aromatic N) is 4. The molecule has 0 bridgehead atoms. The smallest absolute Gasteiger partial charge is 0.0893 e. The SMILES string of the molecule is CN1/C(=C\c2cccc(-c3cccc(/C=C4/Sc5ccccc5N4c4ccccc4)n3)n2)Sc2ccccc21. The first-order chi connectivity index (χ1) is 19.2. The molecule has 0 amide bonds. The van der Waals surface area contributed by atoms with Gasteiger partial charge in [0.15, 0.2) is 0 Å². The maximum Gasteiger partial charge on any atom is 0.0893 e. The summed E-state index contributed by atoms with van der Waals surface area (Å²) < 4.78 is 0. The molecule has 7 rings (SSSR count).